The highest BCUT2D eigenvalue weighted by molar-refractivity contribution is 6.40. The predicted molar refractivity (Wildman–Crippen MR) is 94.8 cm³/mol. The van der Waals surface area contributed by atoms with Gasteiger partial charge >= 0.3 is 11.8 Å². The topological polar surface area (TPSA) is 87.7 Å². The van der Waals surface area contributed by atoms with Crippen LogP contribution in [-0.2, 0) is 14.4 Å². The van der Waals surface area contributed by atoms with Crippen molar-refractivity contribution in [3.05, 3.63) is 22.7 Å². The Kier molecular flexibility index (Phi) is 6.64. The van der Waals surface area contributed by atoms with Crippen molar-refractivity contribution in [3.8, 4) is 5.75 Å². The molecule has 0 unspecified atom stereocenters. The summed E-state index contributed by atoms with van der Waals surface area (Å²) in [6, 6.07) is 3.22. The number of carbonyl (C=O) groups is 3. The fourth-order valence-corrected chi connectivity index (χ4v) is 2.76. The van der Waals surface area contributed by atoms with Crippen LogP contribution >= 0.6 is 11.6 Å². The standard InChI is InChI=1S/C17H22ClN3O4/c1-11-9-13(14(25-2)10-12(11)18)20-17(24)16(23)19-6-4-8-21-7-3-5-15(21)22/h9-10H,3-8H2,1-2H3,(H,19,23)(H,20,24). The third-order valence-electron chi connectivity index (χ3n) is 4.00. The van der Waals surface area contributed by atoms with Crippen molar-refractivity contribution in [2.45, 2.75) is 26.2 Å². The van der Waals surface area contributed by atoms with Gasteiger partial charge in [0.05, 0.1) is 12.8 Å². The molecule has 1 saturated heterocycles. The molecule has 0 aliphatic carbocycles. The van der Waals surface area contributed by atoms with Gasteiger partial charge in [-0.15, -0.1) is 0 Å². The van der Waals surface area contributed by atoms with Crippen LogP contribution in [0, 0.1) is 6.92 Å². The summed E-state index contributed by atoms with van der Waals surface area (Å²) >= 11 is 6.01. The van der Waals surface area contributed by atoms with E-state index in [0.29, 0.717) is 42.4 Å². The van der Waals surface area contributed by atoms with Crippen molar-refractivity contribution in [1.82, 2.24) is 10.2 Å². The van der Waals surface area contributed by atoms with E-state index < -0.39 is 11.8 Å². The average Bonchev–Trinajstić information content (AvgIpc) is 2.99. The molecule has 8 heteroatoms. The summed E-state index contributed by atoms with van der Waals surface area (Å²) in [6.07, 6.45) is 2.08. The molecule has 7 nitrogen and oxygen atoms in total. The van der Waals surface area contributed by atoms with E-state index in [9.17, 15) is 14.4 Å². The lowest BCUT2D eigenvalue weighted by Crippen LogP contribution is -2.37. The van der Waals surface area contributed by atoms with Crippen LogP contribution in [0.3, 0.4) is 0 Å². The number of nitrogens with one attached hydrogen (secondary N) is 2. The van der Waals surface area contributed by atoms with Gasteiger partial charge in [-0.25, -0.2) is 0 Å². The maximum Gasteiger partial charge on any atom is 0.313 e. The van der Waals surface area contributed by atoms with Gasteiger partial charge in [0.1, 0.15) is 5.75 Å². The van der Waals surface area contributed by atoms with Gasteiger partial charge < -0.3 is 20.3 Å². The fraction of sp³-hybridized carbons (Fsp3) is 0.471. The molecule has 0 atom stereocenters. The first-order valence-corrected chi connectivity index (χ1v) is 8.51. The summed E-state index contributed by atoms with van der Waals surface area (Å²) in [7, 11) is 1.45. The molecule has 3 amide bonds. The number of rotatable bonds is 6. The number of anilines is 1. The lowest BCUT2D eigenvalue weighted by molar-refractivity contribution is -0.136. The molecule has 1 aliphatic rings. The summed E-state index contributed by atoms with van der Waals surface area (Å²) in [5.74, 6) is -0.988. The van der Waals surface area contributed by atoms with Gasteiger partial charge in [-0.05, 0) is 31.4 Å². The van der Waals surface area contributed by atoms with Gasteiger partial charge in [0.25, 0.3) is 0 Å². The highest BCUT2D eigenvalue weighted by atomic mass is 35.5. The van der Waals surface area contributed by atoms with Crippen LogP contribution in [0.1, 0.15) is 24.8 Å². The smallest absolute Gasteiger partial charge is 0.313 e. The minimum absolute atomic E-state index is 0.147. The molecule has 2 N–H and O–H groups in total. The third-order valence-corrected chi connectivity index (χ3v) is 4.40. The number of likely N-dealkylation sites (tertiary alicyclic amines) is 1. The van der Waals surface area contributed by atoms with Crippen LogP contribution in [-0.4, -0.2) is 49.4 Å². The van der Waals surface area contributed by atoms with Crippen molar-refractivity contribution in [2.75, 3.05) is 32.1 Å². The zero-order valence-corrected chi connectivity index (χ0v) is 15.1. The maximum atomic E-state index is 12.0. The molecule has 2 rings (SSSR count). The molecule has 0 saturated carbocycles. The van der Waals surface area contributed by atoms with Gasteiger partial charge in [-0.2, -0.15) is 0 Å². The molecule has 1 heterocycles. The summed E-state index contributed by atoms with van der Waals surface area (Å²) in [5, 5.41) is 5.58. The Morgan fingerprint density at radius 2 is 2.08 bits per heavy atom. The minimum Gasteiger partial charge on any atom is -0.495 e. The summed E-state index contributed by atoms with van der Waals surface area (Å²) in [4.78, 5) is 37.1. The Labute approximate surface area is 151 Å². The number of aryl methyl sites for hydroxylation is 1. The number of halogens is 1. The van der Waals surface area contributed by atoms with Gasteiger partial charge in [-0.3, -0.25) is 14.4 Å². The molecule has 1 fully saturated rings. The van der Waals surface area contributed by atoms with E-state index in [0.717, 1.165) is 18.5 Å². The van der Waals surface area contributed by atoms with Crippen molar-refractivity contribution >= 4 is 35.0 Å². The van der Waals surface area contributed by atoms with Crippen LogP contribution in [0.25, 0.3) is 0 Å². The van der Waals surface area contributed by atoms with Crippen molar-refractivity contribution < 1.29 is 19.1 Å². The largest absolute Gasteiger partial charge is 0.495 e. The zero-order valence-electron chi connectivity index (χ0n) is 14.4. The van der Waals surface area contributed by atoms with Gasteiger partial charge in [0.2, 0.25) is 5.91 Å². The first kappa shape index (κ1) is 19.1. The summed E-state index contributed by atoms with van der Waals surface area (Å²) in [5.41, 5.74) is 1.14. The van der Waals surface area contributed by atoms with E-state index in [-0.39, 0.29) is 5.91 Å². The molecular weight excluding hydrogens is 346 g/mol. The van der Waals surface area contributed by atoms with E-state index in [1.807, 2.05) is 0 Å². The van der Waals surface area contributed by atoms with E-state index in [4.69, 9.17) is 16.3 Å². The quantitative estimate of drug-likeness (QED) is 0.592. The fourth-order valence-electron chi connectivity index (χ4n) is 2.60. The Balaban J connectivity index is 1.81. The highest BCUT2D eigenvalue weighted by Gasteiger charge is 2.20. The second-order valence-corrected chi connectivity index (χ2v) is 6.26. The normalized spacial score (nSPS) is 13.7. The maximum absolute atomic E-state index is 12.0. The zero-order chi connectivity index (χ0) is 18.4. The number of nitrogens with zero attached hydrogens (tertiary/aromatic N) is 1. The van der Waals surface area contributed by atoms with E-state index in [1.54, 1.807) is 24.0 Å². The lowest BCUT2D eigenvalue weighted by Gasteiger charge is -2.15. The number of amides is 3. The predicted octanol–water partition coefficient (Wildman–Crippen LogP) is 1.72. The minimum atomic E-state index is -0.780. The molecular formula is C17H22ClN3O4. The van der Waals surface area contributed by atoms with Crippen molar-refractivity contribution in [3.63, 3.8) is 0 Å². The molecule has 1 aromatic carbocycles. The number of benzene rings is 1. The second-order valence-electron chi connectivity index (χ2n) is 5.85. The van der Waals surface area contributed by atoms with Crippen molar-refractivity contribution in [1.29, 1.82) is 0 Å². The Morgan fingerprint density at radius 1 is 1.32 bits per heavy atom. The molecule has 0 bridgehead atoms. The Hall–Kier alpha value is -2.28. The molecule has 1 aromatic rings. The molecule has 0 spiro atoms. The van der Waals surface area contributed by atoms with Crippen LogP contribution < -0.4 is 15.4 Å². The summed E-state index contributed by atoms with van der Waals surface area (Å²) in [6.45, 7) is 3.47. The van der Waals surface area contributed by atoms with E-state index in [2.05, 4.69) is 10.6 Å². The molecule has 25 heavy (non-hydrogen) atoms. The van der Waals surface area contributed by atoms with Crippen LogP contribution in [0.4, 0.5) is 5.69 Å². The SMILES string of the molecule is COc1cc(Cl)c(C)cc1NC(=O)C(=O)NCCCN1CCCC1=O. The molecule has 0 radical (unpaired) electrons. The van der Waals surface area contributed by atoms with Crippen LogP contribution in [0.5, 0.6) is 5.75 Å². The number of carbonyl (C=O) groups excluding carboxylic acids is 3. The number of hydrogen-bond acceptors (Lipinski definition) is 4. The van der Waals surface area contributed by atoms with E-state index in [1.165, 1.54) is 7.11 Å². The van der Waals surface area contributed by atoms with Gasteiger partial charge in [-0.1, -0.05) is 11.6 Å². The lowest BCUT2D eigenvalue weighted by atomic mass is 10.2. The molecule has 0 aromatic heterocycles. The molecule has 1 aliphatic heterocycles. The van der Waals surface area contributed by atoms with Gasteiger partial charge in [0.15, 0.2) is 0 Å². The molecule has 136 valence electrons. The Morgan fingerprint density at radius 3 is 2.72 bits per heavy atom. The number of hydrogen-bond donors (Lipinski definition) is 2. The van der Waals surface area contributed by atoms with Crippen molar-refractivity contribution in [2.24, 2.45) is 0 Å². The second kappa shape index (κ2) is 8.71. The highest BCUT2D eigenvalue weighted by Crippen LogP contribution is 2.30. The monoisotopic (exact) mass is 367 g/mol. The van der Waals surface area contributed by atoms with Crippen LogP contribution in [0.2, 0.25) is 5.02 Å². The van der Waals surface area contributed by atoms with E-state index >= 15 is 0 Å². The van der Waals surface area contributed by atoms with Crippen LogP contribution in [0.15, 0.2) is 12.1 Å². The number of methoxy groups -OCH3 is 1. The van der Waals surface area contributed by atoms with Gasteiger partial charge in [0, 0.05) is 37.1 Å². The Bertz CT molecular complexity index is 678. The third kappa shape index (κ3) is 5.09. The average molecular weight is 368 g/mol. The summed E-state index contributed by atoms with van der Waals surface area (Å²) < 4.78 is 5.16. The number of ether oxygens (including phenoxy) is 1. The first-order valence-electron chi connectivity index (χ1n) is 8.13. The first-order chi connectivity index (χ1) is 11.9.